The van der Waals surface area contributed by atoms with Crippen LogP contribution in [0.25, 0.3) is 11.3 Å². The first-order chi connectivity index (χ1) is 10.2. The van der Waals surface area contributed by atoms with Gasteiger partial charge < -0.3 is 16.4 Å². The standard InChI is InChI=1S/C14H17N5O2/c15-7-13(20)17-9-14(21)16-8-10-1-3-11(4-2-10)12-5-6-18-19-12/h1-6H,7-9,15H2,(H,16,21)(H,17,20)(H,18,19). The summed E-state index contributed by atoms with van der Waals surface area (Å²) in [6.07, 6.45) is 1.69. The molecule has 7 nitrogen and oxygen atoms in total. The van der Waals surface area contributed by atoms with Crippen molar-refractivity contribution in [2.75, 3.05) is 13.1 Å². The van der Waals surface area contributed by atoms with E-state index < -0.39 is 0 Å². The molecule has 0 radical (unpaired) electrons. The summed E-state index contributed by atoms with van der Waals surface area (Å²) in [5, 5.41) is 11.9. The maximum absolute atomic E-state index is 11.5. The molecule has 110 valence electrons. The Morgan fingerprint density at radius 2 is 1.86 bits per heavy atom. The van der Waals surface area contributed by atoms with Crippen molar-refractivity contribution in [3.8, 4) is 11.3 Å². The molecule has 5 N–H and O–H groups in total. The van der Waals surface area contributed by atoms with E-state index in [2.05, 4.69) is 20.8 Å². The zero-order valence-corrected chi connectivity index (χ0v) is 11.4. The summed E-state index contributed by atoms with van der Waals surface area (Å²) in [4.78, 5) is 22.4. The molecule has 2 amide bonds. The van der Waals surface area contributed by atoms with Gasteiger partial charge in [0.05, 0.1) is 18.8 Å². The van der Waals surface area contributed by atoms with Crippen LogP contribution < -0.4 is 16.4 Å². The minimum absolute atomic E-state index is 0.0672. The highest BCUT2D eigenvalue weighted by Gasteiger charge is 2.04. The normalized spacial score (nSPS) is 10.1. The largest absolute Gasteiger partial charge is 0.350 e. The number of rotatable bonds is 6. The number of hydrogen-bond acceptors (Lipinski definition) is 4. The van der Waals surface area contributed by atoms with Gasteiger partial charge in [0.25, 0.3) is 0 Å². The molecule has 0 unspecified atom stereocenters. The molecule has 7 heteroatoms. The van der Waals surface area contributed by atoms with Gasteiger partial charge in [-0.3, -0.25) is 14.7 Å². The van der Waals surface area contributed by atoms with Gasteiger partial charge in [-0.1, -0.05) is 24.3 Å². The molecule has 0 fully saturated rings. The molecular weight excluding hydrogens is 270 g/mol. The molecule has 1 aromatic carbocycles. The van der Waals surface area contributed by atoms with Crippen LogP contribution in [0.15, 0.2) is 36.5 Å². The SMILES string of the molecule is NCC(=O)NCC(=O)NCc1ccc(-c2ccn[nH]2)cc1. The number of carbonyl (C=O) groups is 2. The number of nitrogens with one attached hydrogen (secondary N) is 3. The summed E-state index contributed by atoms with van der Waals surface area (Å²) in [5.41, 5.74) is 8.06. The third-order valence-corrected chi connectivity index (χ3v) is 2.89. The Morgan fingerprint density at radius 3 is 2.48 bits per heavy atom. The van der Waals surface area contributed by atoms with Crippen LogP contribution in [0.5, 0.6) is 0 Å². The lowest BCUT2D eigenvalue weighted by atomic mass is 10.1. The fourth-order valence-corrected chi connectivity index (χ4v) is 1.73. The van der Waals surface area contributed by atoms with Crippen LogP contribution in [-0.2, 0) is 16.1 Å². The Labute approximate surface area is 121 Å². The van der Waals surface area contributed by atoms with Gasteiger partial charge in [0.1, 0.15) is 0 Å². The molecule has 0 saturated carbocycles. The predicted molar refractivity (Wildman–Crippen MR) is 77.9 cm³/mol. The van der Waals surface area contributed by atoms with E-state index in [-0.39, 0.29) is 24.9 Å². The Hall–Kier alpha value is -2.67. The number of benzene rings is 1. The van der Waals surface area contributed by atoms with E-state index in [1.165, 1.54) is 0 Å². The summed E-state index contributed by atoms with van der Waals surface area (Å²) < 4.78 is 0. The average molecular weight is 287 g/mol. The van der Waals surface area contributed by atoms with Crippen molar-refractivity contribution in [2.24, 2.45) is 5.73 Å². The molecule has 1 aromatic heterocycles. The van der Waals surface area contributed by atoms with Crippen LogP contribution >= 0.6 is 0 Å². The van der Waals surface area contributed by atoms with Gasteiger partial charge in [-0.25, -0.2) is 0 Å². The quantitative estimate of drug-likeness (QED) is 0.587. The molecule has 0 aliphatic carbocycles. The molecule has 0 spiro atoms. The number of aromatic amines is 1. The number of hydrogen-bond donors (Lipinski definition) is 4. The van der Waals surface area contributed by atoms with Crippen molar-refractivity contribution in [1.82, 2.24) is 20.8 Å². The van der Waals surface area contributed by atoms with Crippen molar-refractivity contribution in [3.05, 3.63) is 42.1 Å². The molecule has 2 rings (SSSR count). The van der Waals surface area contributed by atoms with Gasteiger partial charge in [-0.05, 0) is 17.2 Å². The van der Waals surface area contributed by atoms with Crippen LogP contribution in [0.4, 0.5) is 0 Å². The molecule has 1 heterocycles. The first-order valence-corrected chi connectivity index (χ1v) is 6.51. The van der Waals surface area contributed by atoms with Crippen molar-refractivity contribution < 1.29 is 9.59 Å². The fraction of sp³-hybridized carbons (Fsp3) is 0.214. The van der Waals surface area contributed by atoms with Crippen molar-refractivity contribution >= 4 is 11.8 Å². The Kier molecular flexibility index (Phi) is 5.05. The molecule has 0 saturated heterocycles. The molecular formula is C14H17N5O2. The zero-order valence-electron chi connectivity index (χ0n) is 11.4. The lowest BCUT2D eigenvalue weighted by Gasteiger charge is -2.07. The molecule has 0 aliphatic heterocycles. The third kappa shape index (κ3) is 4.43. The highest BCUT2D eigenvalue weighted by atomic mass is 16.2. The van der Waals surface area contributed by atoms with E-state index in [1.807, 2.05) is 30.3 Å². The van der Waals surface area contributed by atoms with E-state index >= 15 is 0 Å². The molecule has 2 aromatic rings. The van der Waals surface area contributed by atoms with Crippen molar-refractivity contribution in [2.45, 2.75) is 6.54 Å². The molecule has 0 aliphatic rings. The topological polar surface area (TPSA) is 113 Å². The van der Waals surface area contributed by atoms with E-state index in [9.17, 15) is 9.59 Å². The summed E-state index contributed by atoms with van der Waals surface area (Å²) in [5.74, 6) is -0.608. The zero-order chi connectivity index (χ0) is 15.1. The number of nitrogens with two attached hydrogens (primary N) is 1. The van der Waals surface area contributed by atoms with Crippen LogP contribution in [0, 0.1) is 0 Å². The number of H-pyrrole nitrogens is 1. The van der Waals surface area contributed by atoms with Crippen LogP contribution in [-0.4, -0.2) is 35.1 Å². The number of aromatic nitrogens is 2. The fourth-order valence-electron chi connectivity index (χ4n) is 1.73. The first kappa shape index (κ1) is 14.7. The van der Waals surface area contributed by atoms with Crippen LogP contribution in [0.3, 0.4) is 0 Å². The smallest absolute Gasteiger partial charge is 0.239 e. The Morgan fingerprint density at radius 1 is 1.10 bits per heavy atom. The van der Waals surface area contributed by atoms with E-state index in [0.29, 0.717) is 6.54 Å². The minimum Gasteiger partial charge on any atom is -0.350 e. The van der Waals surface area contributed by atoms with E-state index in [0.717, 1.165) is 16.8 Å². The summed E-state index contributed by atoms with van der Waals surface area (Å²) >= 11 is 0. The summed E-state index contributed by atoms with van der Waals surface area (Å²) in [6, 6.07) is 9.64. The van der Waals surface area contributed by atoms with E-state index in [4.69, 9.17) is 5.73 Å². The van der Waals surface area contributed by atoms with Gasteiger partial charge in [-0.15, -0.1) is 0 Å². The number of nitrogens with zero attached hydrogens (tertiary/aromatic N) is 1. The van der Waals surface area contributed by atoms with Gasteiger partial charge in [0.2, 0.25) is 11.8 Å². The van der Waals surface area contributed by atoms with Gasteiger partial charge >= 0.3 is 0 Å². The Bertz CT molecular complexity index is 592. The summed E-state index contributed by atoms with van der Waals surface area (Å²) in [7, 11) is 0. The van der Waals surface area contributed by atoms with Crippen molar-refractivity contribution in [1.29, 1.82) is 0 Å². The van der Waals surface area contributed by atoms with Crippen molar-refractivity contribution in [3.63, 3.8) is 0 Å². The number of amides is 2. The summed E-state index contributed by atoms with van der Waals surface area (Å²) in [6.45, 7) is 0.213. The second kappa shape index (κ2) is 7.20. The van der Waals surface area contributed by atoms with Crippen LogP contribution in [0.1, 0.15) is 5.56 Å². The third-order valence-electron chi connectivity index (χ3n) is 2.89. The monoisotopic (exact) mass is 287 g/mol. The highest BCUT2D eigenvalue weighted by Crippen LogP contribution is 2.16. The molecule has 0 bridgehead atoms. The Balaban J connectivity index is 1.81. The second-order valence-corrected chi connectivity index (χ2v) is 4.42. The van der Waals surface area contributed by atoms with Gasteiger partial charge in [0.15, 0.2) is 0 Å². The maximum atomic E-state index is 11.5. The average Bonchev–Trinajstić information content (AvgIpc) is 3.05. The molecule has 0 atom stereocenters. The van der Waals surface area contributed by atoms with Gasteiger partial charge in [-0.2, -0.15) is 5.10 Å². The first-order valence-electron chi connectivity index (χ1n) is 6.51. The number of carbonyl (C=O) groups excluding carboxylic acids is 2. The second-order valence-electron chi connectivity index (χ2n) is 4.42. The van der Waals surface area contributed by atoms with E-state index in [1.54, 1.807) is 6.20 Å². The predicted octanol–water partition coefficient (Wildman–Crippen LogP) is -0.232. The van der Waals surface area contributed by atoms with Gasteiger partial charge in [0, 0.05) is 12.7 Å². The lowest BCUT2D eigenvalue weighted by molar-refractivity contribution is -0.125. The lowest BCUT2D eigenvalue weighted by Crippen LogP contribution is -2.39. The highest BCUT2D eigenvalue weighted by molar-refractivity contribution is 5.85. The van der Waals surface area contributed by atoms with Crippen LogP contribution in [0.2, 0.25) is 0 Å². The minimum atomic E-state index is -0.353. The molecule has 21 heavy (non-hydrogen) atoms. The maximum Gasteiger partial charge on any atom is 0.239 e.